The average molecular weight is 757 g/mol. The molecule has 6 N–H and O–H groups in total. The molecule has 0 aliphatic heterocycles. The van der Waals surface area contributed by atoms with Crippen molar-refractivity contribution < 1.29 is 33.5 Å². The summed E-state index contributed by atoms with van der Waals surface area (Å²) in [5, 5.41) is 16.8. The van der Waals surface area contributed by atoms with Gasteiger partial charge in [-0.25, -0.2) is 0 Å². The third-order valence-electron chi connectivity index (χ3n) is 8.42. The van der Waals surface area contributed by atoms with Crippen LogP contribution in [0.1, 0.15) is 92.6 Å². The highest BCUT2D eigenvalue weighted by atomic mass is 16.5. The topological polar surface area (TPSA) is 184 Å². The van der Waals surface area contributed by atoms with Gasteiger partial charge in [0, 0.05) is 56.7 Å². The van der Waals surface area contributed by atoms with E-state index in [1.54, 1.807) is 48.5 Å². The van der Waals surface area contributed by atoms with Gasteiger partial charge < -0.3 is 36.6 Å². The maximum Gasteiger partial charge on any atom is 0.251 e. The van der Waals surface area contributed by atoms with Crippen LogP contribution in [0.25, 0.3) is 0 Å². The van der Waals surface area contributed by atoms with Crippen LogP contribution in [0, 0.1) is 10.8 Å². The van der Waals surface area contributed by atoms with Crippen LogP contribution in [-0.4, -0.2) is 68.2 Å². The van der Waals surface area contributed by atoms with Crippen molar-refractivity contribution in [1.82, 2.24) is 26.6 Å². The molecule has 1 atom stereocenters. The van der Waals surface area contributed by atoms with Crippen LogP contribution in [0.4, 0.5) is 5.69 Å². The Balaban J connectivity index is 1.36. The van der Waals surface area contributed by atoms with Crippen molar-refractivity contribution in [2.75, 3.05) is 32.1 Å². The second-order valence-corrected chi connectivity index (χ2v) is 15.5. The fraction of sp³-hybridized carbons (Fsp3) is 0.429. The summed E-state index contributed by atoms with van der Waals surface area (Å²) in [6.45, 7) is 12.3. The van der Waals surface area contributed by atoms with Gasteiger partial charge in [-0.3, -0.25) is 28.8 Å². The largest absolute Gasteiger partial charge is 0.492 e. The number of likely N-dealkylation sites (N-methyl/N-ethyl adjacent to an activating group) is 1. The first kappa shape index (κ1) is 43.7. The lowest BCUT2D eigenvalue weighted by atomic mass is 9.85. The van der Waals surface area contributed by atoms with E-state index in [1.807, 2.05) is 58.9 Å². The van der Waals surface area contributed by atoms with Crippen molar-refractivity contribution in [3.63, 3.8) is 0 Å². The molecule has 0 heterocycles. The number of rotatable bonds is 19. The lowest BCUT2D eigenvalue weighted by molar-refractivity contribution is -0.126. The Labute approximate surface area is 324 Å². The van der Waals surface area contributed by atoms with Crippen LogP contribution in [0.15, 0.2) is 72.8 Å². The van der Waals surface area contributed by atoms with Gasteiger partial charge in [-0.05, 0) is 83.3 Å². The van der Waals surface area contributed by atoms with Crippen LogP contribution in [0.2, 0.25) is 0 Å². The standard InChI is InChI=1S/C42H56N6O7/c1-28(49)47-33-15-11-29(12-16-33)19-20-44-36(50)25-42(5,6)26-37(51)45-21-22-55-34-17-13-31(14-18-34)38(52)46-27-30-9-8-10-32(23-30)39(53)48-35(40(54)43-7)24-41(2,3)4/h8-18,23,35H,19-22,24-27H2,1-7H3,(H,43,54)(H,44,50)(H,45,51)(H,46,52)(H,47,49)(H,48,53)/t35-/m0/s1. The Bertz CT molecular complexity index is 1780. The summed E-state index contributed by atoms with van der Waals surface area (Å²) in [7, 11) is 1.54. The summed E-state index contributed by atoms with van der Waals surface area (Å²) in [5.41, 5.74) is 2.56. The van der Waals surface area contributed by atoms with Crippen molar-refractivity contribution >= 4 is 41.1 Å². The molecule has 0 aromatic heterocycles. The third-order valence-corrected chi connectivity index (χ3v) is 8.42. The molecule has 0 unspecified atom stereocenters. The molecular weight excluding hydrogens is 700 g/mol. The third kappa shape index (κ3) is 16.5. The van der Waals surface area contributed by atoms with Crippen LogP contribution < -0.4 is 36.6 Å². The second-order valence-electron chi connectivity index (χ2n) is 15.5. The highest BCUT2D eigenvalue weighted by Crippen LogP contribution is 2.25. The SMILES string of the molecule is CNC(=O)[C@H](CC(C)(C)C)NC(=O)c1cccc(CNC(=O)c2ccc(OCCNC(=O)CC(C)(C)CC(=O)NCCc3ccc(NC(C)=O)cc3)cc2)c1. The Morgan fingerprint density at radius 3 is 1.95 bits per heavy atom. The predicted molar refractivity (Wildman–Crippen MR) is 212 cm³/mol. The molecule has 0 aliphatic rings. The first-order valence-electron chi connectivity index (χ1n) is 18.5. The number of hydrogen-bond acceptors (Lipinski definition) is 7. The highest BCUT2D eigenvalue weighted by Gasteiger charge is 2.27. The van der Waals surface area contributed by atoms with E-state index in [4.69, 9.17) is 4.74 Å². The van der Waals surface area contributed by atoms with Crippen LogP contribution >= 0.6 is 0 Å². The number of hydrogen-bond donors (Lipinski definition) is 6. The zero-order chi connectivity index (χ0) is 40.6. The summed E-state index contributed by atoms with van der Waals surface area (Å²) in [6, 6.07) is 20.3. The van der Waals surface area contributed by atoms with Gasteiger partial charge >= 0.3 is 0 Å². The Hall–Kier alpha value is -5.72. The van der Waals surface area contributed by atoms with E-state index in [2.05, 4.69) is 31.9 Å². The van der Waals surface area contributed by atoms with E-state index in [-0.39, 0.29) is 73.4 Å². The summed E-state index contributed by atoms with van der Waals surface area (Å²) in [6.07, 6.45) is 1.48. The van der Waals surface area contributed by atoms with Gasteiger partial charge in [0.15, 0.2) is 0 Å². The van der Waals surface area contributed by atoms with Gasteiger partial charge in [-0.1, -0.05) is 58.9 Å². The fourth-order valence-corrected chi connectivity index (χ4v) is 5.77. The zero-order valence-electron chi connectivity index (χ0n) is 33.0. The molecule has 296 valence electrons. The quantitative estimate of drug-likeness (QED) is 0.0973. The molecule has 6 amide bonds. The molecule has 0 spiro atoms. The van der Waals surface area contributed by atoms with Gasteiger partial charge in [-0.15, -0.1) is 0 Å². The number of carbonyl (C=O) groups is 6. The van der Waals surface area contributed by atoms with Gasteiger partial charge in [0.25, 0.3) is 11.8 Å². The summed E-state index contributed by atoms with van der Waals surface area (Å²) in [4.78, 5) is 74.5. The maximum absolute atomic E-state index is 13.0. The Morgan fingerprint density at radius 1 is 0.709 bits per heavy atom. The molecule has 0 radical (unpaired) electrons. The van der Waals surface area contributed by atoms with Crippen molar-refractivity contribution in [1.29, 1.82) is 0 Å². The molecule has 13 nitrogen and oxygen atoms in total. The minimum absolute atomic E-state index is 0.132. The van der Waals surface area contributed by atoms with Crippen LogP contribution in [-0.2, 0) is 32.1 Å². The average Bonchev–Trinajstić information content (AvgIpc) is 3.11. The second kappa shape index (κ2) is 20.7. The van der Waals surface area contributed by atoms with Crippen molar-refractivity contribution in [2.45, 2.75) is 79.8 Å². The van der Waals surface area contributed by atoms with E-state index in [0.717, 1.165) is 16.8 Å². The predicted octanol–water partition coefficient (Wildman–Crippen LogP) is 4.52. The molecule has 0 fully saturated rings. The van der Waals surface area contributed by atoms with Gasteiger partial charge in [0.2, 0.25) is 23.6 Å². The van der Waals surface area contributed by atoms with Gasteiger partial charge in [-0.2, -0.15) is 0 Å². The number of benzene rings is 3. The monoisotopic (exact) mass is 756 g/mol. The molecule has 3 rings (SSSR count). The molecular formula is C42H56N6O7. The van der Waals surface area contributed by atoms with E-state index in [0.29, 0.717) is 36.3 Å². The minimum atomic E-state index is -0.678. The van der Waals surface area contributed by atoms with E-state index < -0.39 is 11.5 Å². The zero-order valence-corrected chi connectivity index (χ0v) is 33.0. The first-order valence-corrected chi connectivity index (χ1v) is 18.5. The number of nitrogens with one attached hydrogen (secondary N) is 6. The molecule has 3 aromatic rings. The van der Waals surface area contributed by atoms with Crippen molar-refractivity contribution in [2.24, 2.45) is 10.8 Å². The number of anilines is 1. The summed E-state index contributed by atoms with van der Waals surface area (Å²) in [5.74, 6) is -0.855. The lowest BCUT2D eigenvalue weighted by Gasteiger charge is -2.25. The minimum Gasteiger partial charge on any atom is -0.492 e. The van der Waals surface area contributed by atoms with Crippen molar-refractivity contribution in [3.05, 3.63) is 95.1 Å². The van der Waals surface area contributed by atoms with Gasteiger partial charge in [0.1, 0.15) is 18.4 Å². The molecule has 3 aromatic carbocycles. The van der Waals surface area contributed by atoms with Crippen LogP contribution in [0.3, 0.4) is 0 Å². The summed E-state index contributed by atoms with van der Waals surface area (Å²) < 4.78 is 5.74. The molecule has 0 bridgehead atoms. The highest BCUT2D eigenvalue weighted by molar-refractivity contribution is 5.98. The molecule has 13 heteroatoms. The number of amides is 6. The Kier molecular flexibility index (Phi) is 16.4. The van der Waals surface area contributed by atoms with E-state index in [9.17, 15) is 28.8 Å². The molecule has 0 saturated heterocycles. The van der Waals surface area contributed by atoms with Gasteiger partial charge in [0.05, 0.1) is 6.54 Å². The smallest absolute Gasteiger partial charge is 0.251 e. The fourth-order valence-electron chi connectivity index (χ4n) is 5.77. The Morgan fingerprint density at radius 2 is 1.35 bits per heavy atom. The lowest BCUT2D eigenvalue weighted by Crippen LogP contribution is -2.47. The number of ether oxygens (including phenoxy) is 1. The molecule has 0 aliphatic carbocycles. The molecule has 55 heavy (non-hydrogen) atoms. The van der Waals surface area contributed by atoms with E-state index >= 15 is 0 Å². The molecule has 0 saturated carbocycles. The summed E-state index contributed by atoms with van der Waals surface area (Å²) >= 11 is 0. The normalized spacial score (nSPS) is 11.8. The number of carbonyl (C=O) groups excluding carboxylic acids is 6. The van der Waals surface area contributed by atoms with E-state index in [1.165, 1.54) is 14.0 Å². The van der Waals surface area contributed by atoms with Crippen molar-refractivity contribution in [3.8, 4) is 5.75 Å². The first-order chi connectivity index (χ1) is 25.9. The maximum atomic E-state index is 13.0. The van der Waals surface area contributed by atoms with Crippen LogP contribution in [0.5, 0.6) is 5.75 Å².